The van der Waals surface area contributed by atoms with Crippen molar-refractivity contribution in [2.45, 2.75) is 4.90 Å². The normalized spacial score (nSPS) is 10.6. The van der Waals surface area contributed by atoms with Gasteiger partial charge in [-0.2, -0.15) is 0 Å². The molecule has 6 heteroatoms. The molecule has 0 saturated carbocycles. The molecule has 1 heterocycles. The van der Waals surface area contributed by atoms with Crippen LogP contribution in [-0.2, 0) is 0 Å². The number of nitrogens with zero attached hydrogens (tertiary/aromatic N) is 1. The van der Waals surface area contributed by atoms with E-state index in [0.717, 1.165) is 27.1 Å². The number of thiazole rings is 1. The van der Waals surface area contributed by atoms with E-state index in [9.17, 15) is 4.79 Å². The Kier molecular flexibility index (Phi) is 3.58. The summed E-state index contributed by atoms with van der Waals surface area (Å²) in [4.78, 5) is 16.0. The fourth-order valence-corrected chi connectivity index (χ4v) is 3.35. The van der Waals surface area contributed by atoms with E-state index in [2.05, 4.69) is 9.71 Å². The van der Waals surface area contributed by atoms with Crippen LogP contribution in [0.25, 0.3) is 10.2 Å². The molecule has 3 aromatic rings. The van der Waals surface area contributed by atoms with Crippen molar-refractivity contribution in [2.24, 2.45) is 0 Å². The Morgan fingerprint density at radius 1 is 1.20 bits per heavy atom. The lowest BCUT2D eigenvalue weighted by Crippen LogP contribution is -1.88. The molecule has 0 bridgehead atoms. The first-order chi connectivity index (χ1) is 9.76. The number of carbonyl (C=O) groups excluding carboxylic acids is 1. The zero-order valence-corrected chi connectivity index (χ0v) is 12.0. The predicted octanol–water partition coefficient (Wildman–Crippen LogP) is 3.81. The Morgan fingerprint density at radius 3 is 2.75 bits per heavy atom. The van der Waals surface area contributed by atoms with Crippen molar-refractivity contribution in [1.29, 1.82) is 0 Å². The van der Waals surface area contributed by atoms with Crippen LogP contribution in [0.2, 0.25) is 0 Å². The number of rotatable bonds is 4. The van der Waals surface area contributed by atoms with Gasteiger partial charge in [0, 0.05) is 11.3 Å². The summed E-state index contributed by atoms with van der Waals surface area (Å²) in [6, 6.07) is 13.3. The predicted molar refractivity (Wildman–Crippen MR) is 85.3 cm³/mol. The smallest absolute Gasteiger partial charge is 0.181 e. The number of nitrogens with one attached hydrogen (secondary N) is 1. The molecule has 0 aliphatic carbocycles. The molecule has 0 atom stereocenters. The Hall–Kier alpha value is -2.05. The minimum absolute atomic E-state index is 0.573. The first kappa shape index (κ1) is 13.0. The second kappa shape index (κ2) is 5.52. The molecule has 0 aliphatic rings. The van der Waals surface area contributed by atoms with Crippen molar-refractivity contribution in [3.63, 3.8) is 0 Å². The van der Waals surface area contributed by atoms with Gasteiger partial charge in [-0.25, -0.2) is 4.98 Å². The van der Waals surface area contributed by atoms with Gasteiger partial charge in [0.1, 0.15) is 6.29 Å². The summed E-state index contributed by atoms with van der Waals surface area (Å²) in [5, 5.41) is 0.573. The minimum atomic E-state index is 0.573. The van der Waals surface area contributed by atoms with E-state index in [1.165, 1.54) is 23.3 Å². The number of carbonyl (C=O) groups is 1. The maximum Gasteiger partial charge on any atom is 0.181 e. The Morgan fingerprint density at radius 2 is 2.00 bits per heavy atom. The summed E-state index contributed by atoms with van der Waals surface area (Å²) in [7, 11) is 0. The lowest BCUT2D eigenvalue weighted by atomic mass is 10.2. The second-order valence-electron chi connectivity index (χ2n) is 4.10. The third-order valence-corrected chi connectivity index (χ3v) is 4.46. The molecule has 0 fully saturated rings. The van der Waals surface area contributed by atoms with Gasteiger partial charge in [0.25, 0.3) is 0 Å². The van der Waals surface area contributed by atoms with E-state index in [4.69, 9.17) is 5.73 Å². The van der Waals surface area contributed by atoms with Crippen LogP contribution < -0.4 is 10.5 Å². The highest BCUT2D eigenvalue weighted by atomic mass is 32.2. The van der Waals surface area contributed by atoms with Gasteiger partial charge in [0.05, 0.1) is 15.1 Å². The van der Waals surface area contributed by atoms with Crippen LogP contribution in [0.15, 0.2) is 47.4 Å². The van der Waals surface area contributed by atoms with E-state index in [-0.39, 0.29) is 0 Å². The van der Waals surface area contributed by atoms with Gasteiger partial charge in [-0.1, -0.05) is 17.4 Å². The standard InChI is InChI=1S/C14H11N3OS2/c15-14-16-13-11(19-14)2-1-3-12(13)20-17-10-6-4-9(8-18)5-7-10/h1-8,17H,(H2,15,16). The highest BCUT2D eigenvalue weighted by Crippen LogP contribution is 2.32. The maximum atomic E-state index is 10.6. The molecular formula is C14H11N3OS2. The molecule has 0 spiro atoms. The monoisotopic (exact) mass is 301 g/mol. The molecule has 0 saturated heterocycles. The molecule has 0 amide bonds. The van der Waals surface area contributed by atoms with Gasteiger partial charge in [-0.3, -0.25) is 4.79 Å². The average molecular weight is 301 g/mol. The zero-order chi connectivity index (χ0) is 13.9. The van der Waals surface area contributed by atoms with Crippen molar-refractivity contribution in [2.75, 3.05) is 10.5 Å². The highest BCUT2D eigenvalue weighted by Gasteiger charge is 2.07. The van der Waals surface area contributed by atoms with Crippen LogP contribution in [0.3, 0.4) is 0 Å². The number of nitrogens with two attached hydrogens (primary N) is 1. The van der Waals surface area contributed by atoms with Crippen LogP contribution in [0.1, 0.15) is 10.4 Å². The molecule has 20 heavy (non-hydrogen) atoms. The lowest BCUT2D eigenvalue weighted by Gasteiger charge is -2.05. The van der Waals surface area contributed by atoms with Crippen LogP contribution in [0.5, 0.6) is 0 Å². The van der Waals surface area contributed by atoms with E-state index in [0.29, 0.717) is 10.7 Å². The number of aldehydes is 1. The molecule has 4 nitrogen and oxygen atoms in total. The third kappa shape index (κ3) is 2.61. The zero-order valence-electron chi connectivity index (χ0n) is 10.4. The Bertz CT molecular complexity index is 753. The number of hydrogen-bond acceptors (Lipinski definition) is 6. The first-order valence-electron chi connectivity index (χ1n) is 5.89. The summed E-state index contributed by atoms with van der Waals surface area (Å²) in [6.07, 6.45) is 0.829. The van der Waals surface area contributed by atoms with E-state index in [1.54, 1.807) is 12.1 Å². The SMILES string of the molecule is Nc1nc2c(SNc3ccc(C=O)cc3)cccc2s1. The second-order valence-corrected chi connectivity index (χ2v) is 6.01. The molecule has 0 unspecified atom stereocenters. The number of aromatic nitrogens is 1. The van der Waals surface area contributed by atoms with Crippen LogP contribution in [-0.4, -0.2) is 11.3 Å². The van der Waals surface area contributed by atoms with Gasteiger partial charge in [-0.15, -0.1) is 0 Å². The number of anilines is 2. The lowest BCUT2D eigenvalue weighted by molar-refractivity contribution is 0.112. The third-order valence-electron chi connectivity index (χ3n) is 2.72. The molecule has 0 aliphatic heterocycles. The fourth-order valence-electron chi connectivity index (χ4n) is 1.77. The molecule has 2 aromatic carbocycles. The van der Waals surface area contributed by atoms with E-state index < -0.39 is 0 Å². The van der Waals surface area contributed by atoms with Crippen LogP contribution in [0.4, 0.5) is 10.8 Å². The van der Waals surface area contributed by atoms with E-state index in [1.807, 2.05) is 30.3 Å². The summed E-state index contributed by atoms with van der Waals surface area (Å²) >= 11 is 2.96. The number of benzene rings is 2. The van der Waals surface area contributed by atoms with Crippen LogP contribution in [0, 0.1) is 0 Å². The largest absolute Gasteiger partial charge is 0.375 e. The molecule has 3 rings (SSSR count). The van der Waals surface area contributed by atoms with Gasteiger partial charge in [0.2, 0.25) is 0 Å². The van der Waals surface area contributed by atoms with Crippen molar-refractivity contribution in [3.05, 3.63) is 48.0 Å². The molecule has 100 valence electrons. The van der Waals surface area contributed by atoms with Gasteiger partial charge in [-0.05, 0) is 48.3 Å². The van der Waals surface area contributed by atoms with Crippen molar-refractivity contribution in [3.8, 4) is 0 Å². The summed E-state index contributed by atoms with van der Waals surface area (Å²) in [5.74, 6) is 0. The summed E-state index contributed by atoms with van der Waals surface area (Å²) < 4.78 is 4.31. The van der Waals surface area contributed by atoms with Crippen molar-refractivity contribution < 1.29 is 4.79 Å². The van der Waals surface area contributed by atoms with E-state index >= 15 is 0 Å². The summed E-state index contributed by atoms with van der Waals surface area (Å²) in [6.45, 7) is 0. The number of fused-ring (bicyclic) bond motifs is 1. The number of hydrogen-bond donors (Lipinski definition) is 2. The van der Waals surface area contributed by atoms with Crippen LogP contribution >= 0.6 is 23.3 Å². The Balaban J connectivity index is 1.80. The number of nitrogen functional groups attached to an aromatic ring is 1. The topological polar surface area (TPSA) is 68.0 Å². The highest BCUT2D eigenvalue weighted by molar-refractivity contribution is 8.00. The van der Waals surface area contributed by atoms with Crippen molar-refractivity contribution >= 4 is 50.6 Å². The fraction of sp³-hybridized carbons (Fsp3) is 0. The molecule has 0 radical (unpaired) electrons. The maximum absolute atomic E-state index is 10.6. The van der Waals surface area contributed by atoms with Gasteiger partial charge in [0.15, 0.2) is 5.13 Å². The molecule has 1 aromatic heterocycles. The van der Waals surface area contributed by atoms with Gasteiger partial charge >= 0.3 is 0 Å². The first-order valence-corrected chi connectivity index (χ1v) is 7.53. The summed E-state index contributed by atoms with van der Waals surface area (Å²) in [5.41, 5.74) is 8.25. The Labute approximate surface area is 124 Å². The minimum Gasteiger partial charge on any atom is -0.375 e. The number of para-hydroxylation sites is 1. The van der Waals surface area contributed by atoms with Crippen molar-refractivity contribution in [1.82, 2.24) is 4.98 Å². The van der Waals surface area contributed by atoms with Gasteiger partial charge < -0.3 is 10.5 Å². The molecule has 3 N–H and O–H groups in total. The quantitative estimate of drug-likeness (QED) is 0.566. The average Bonchev–Trinajstić information content (AvgIpc) is 2.86. The molecular weight excluding hydrogens is 290 g/mol.